The molecule has 0 bridgehead atoms. The fraction of sp³-hybridized carbons (Fsp3) is 0.500. The van der Waals surface area contributed by atoms with Crippen molar-refractivity contribution in [2.75, 3.05) is 19.6 Å². The van der Waals surface area contributed by atoms with Gasteiger partial charge in [0.2, 0.25) is 0 Å². The van der Waals surface area contributed by atoms with E-state index < -0.39 is 23.4 Å². The highest BCUT2D eigenvalue weighted by molar-refractivity contribution is 6.07. The van der Waals surface area contributed by atoms with Crippen LogP contribution in [0, 0.1) is 5.92 Å². The number of hydrogen-bond donors (Lipinski definition) is 2. The van der Waals surface area contributed by atoms with Crippen LogP contribution in [0.2, 0.25) is 0 Å². The van der Waals surface area contributed by atoms with Crippen LogP contribution < -0.4 is 10.7 Å². The van der Waals surface area contributed by atoms with E-state index in [0.29, 0.717) is 32.4 Å². The summed E-state index contributed by atoms with van der Waals surface area (Å²) in [7, 11) is 0. The van der Waals surface area contributed by atoms with Crippen LogP contribution >= 0.6 is 0 Å². The standard InChI is InChI=1S/C20H26N4O4/c1-3-20(2)18(27)24(19(28)21-20)22-16(25)13-23-11-9-15(10-12-23)17(26)14-7-5-4-6-8-14/h4-8,15H,3,9-13H2,1-2H3,(H,21,28)(H,22,25). The van der Waals surface area contributed by atoms with Gasteiger partial charge in [-0.25, -0.2) is 4.79 Å². The maximum atomic E-state index is 12.5. The molecule has 2 aliphatic rings. The lowest BCUT2D eigenvalue weighted by molar-refractivity contribution is -0.139. The molecular weight excluding hydrogens is 360 g/mol. The lowest BCUT2D eigenvalue weighted by Crippen LogP contribution is -2.52. The van der Waals surface area contributed by atoms with E-state index >= 15 is 0 Å². The second-order valence-corrected chi connectivity index (χ2v) is 7.57. The molecule has 2 aliphatic heterocycles. The van der Waals surface area contributed by atoms with Crippen LogP contribution in [-0.2, 0) is 9.59 Å². The molecule has 3 rings (SSSR count). The molecule has 0 aliphatic carbocycles. The number of amides is 4. The number of nitrogens with zero attached hydrogens (tertiary/aromatic N) is 2. The Balaban J connectivity index is 1.48. The first-order valence-electron chi connectivity index (χ1n) is 9.62. The van der Waals surface area contributed by atoms with E-state index in [-0.39, 0.29) is 18.2 Å². The summed E-state index contributed by atoms with van der Waals surface area (Å²) in [5.74, 6) is -0.780. The first-order valence-corrected chi connectivity index (χ1v) is 9.62. The van der Waals surface area contributed by atoms with Gasteiger partial charge < -0.3 is 5.32 Å². The Labute approximate surface area is 164 Å². The molecule has 0 aromatic heterocycles. The van der Waals surface area contributed by atoms with Crippen LogP contribution in [0.5, 0.6) is 0 Å². The minimum absolute atomic E-state index is 0.0436. The minimum atomic E-state index is -0.986. The van der Waals surface area contributed by atoms with Crippen LogP contribution in [0.4, 0.5) is 4.79 Å². The van der Waals surface area contributed by atoms with Crippen LogP contribution in [0.25, 0.3) is 0 Å². The summed E-state index contributed by atoms with van der Waals surface area (Å²) in [5, 5.41) is 3.36. The Morgan fingerprint density at radius 2 is 1.82 bits per heavy atom. The molecule has 2 N–H and O–H groups in total. The first kappa shape index (κ1) is 20.0. The van der Waals surface area contributed by atoms with Gasteiger partial charge in [-0.1, -0.05) is 37.3 Å². The number of rotatable bonds is 6. The summed E-state index contributed by atoms with van der Waals surface area (Å²) in [4.78, 5) is 51.1. The molecule has 28 heavy (non-hydrogen) atoms. The van der Waals surface area contributed by atoms with Gasteiger partial charge in [0, 0.05) is 11.5 Å². The van der Waals surface area contributed by atoms with Gasteiger partial charge in [-0.2, -0.15) is 5.01 Å². The molecule has 1 unspecified atom stereocenters. The van der Waals surface area contributed by atoms with Gasteiger partial charge >= 0.3 is 6.03 Å². The number of likely N-dealkylation sites (tertiary alicyclic amines) is 1. The van der Waals surface area contributed by atoms with Crippen LogP contribution in [-0.4, -0.2) is 58.7 Å². The molecule has 150 valence electrons. The average molecular weight is 386 g/mol. The van der Waals surface area contributed by atoms with Crippen molar-refractivity contribution in [1.82, 2.24) is 20.7 Å². The largest absolute Gasteiger partial charge is 0.344 e. The summed E-state index contributed by atoms with van der Waals surface area (Å²) >= 11 is 0. The van der Waals surface area contributed by atoms with Crippen molar-refractivity contribution in [3.63, 3.8) is 0 Å². The van der Waals surface area contributed by atoms with E-state index in [9.17, 15) is 19.2 Å². The monoisotopic (exact) mass is 386 g/mol. The summed E-state index contributed by atoms with van der Waals surface area (Å²) in [6.07, 6.45) is 1.79. The maximum absolute atomic E-state index is 12.5. The van der Waals surface area contributed by atoms with E-state index in [0.717, 1.165) is 10.6 Å². The number of ketones is 1. The lowest BCUT2D eigenvalue weighted by Gasteiger charge is -2.31. The molecule has 1 aromatic rings. The van der Waals surface area contributed by atoms with Crippen molar-refractivity contribution in [2.24, 2.45) is 5.92 Å². The van der Waals surface area contributed by atoms with E-state index in [1.165, 1.54) is 0 Å². The number of carbonyl (C=O) groups excluding carboxylic acids is 4. The molecule has 0 radical (unpaired) electrons. The minimum Gasteiger partial charge on any atom is -0.322 e. The zero-order valence-corrected chi connectivity index (χ0v) is 16.2. The Bertz CT molecular complexity index is 774. The molecule has 4 amide bonds. The normalized spacial score (nSPS) is 23.6. The number of piperidine rings is 1. The van der Waals surface area contributed by atoms with Crippen LogP contribution in [0.3, 0.4) is 0 Å². The quantitative estimate of drug-likeness (QED) is 0.568. The summed E-state index contributed by atoms with van der Waals surface area (Å²) in [6.45, 7) is 4.73. The van der Waals surface area contributed by atoms with E-state index in [2.05, 4.69) is 10.7 Å². The molecule has 2 heterocycles. The molecular formula is C20H26N4O4. The first-order chi connectivity index (χ1) is 13.3. The van der Waals surface area contributed by atoms with Crippen LogP contribution in [0.15, 0.2) is 30.3 Å². The number of imide groups is 1. The van der Waals surface area contributed by atoms with E-state index in [4.69, 9.17) is 0 Å². The Morgan fingerprint density at radius 3 is 2.39 bits per heavy atom. The fourth-order valence-electron chi connectivity index (χ4n) is 3.58. The second kappa shape index (κ2) is 8.10. The van der Waals surface area contributed by atoms with Crippen molar-refractivity contribution in [2.45, 2.75) is 38.6 Å². The van der Waals surface area contributed by atoms with E-state index in [1.54, 1.807) is 13.8 Å². The summed E-state index contributed by atoms with van der Waals surface area (Å²) in [6, 6.07) is 8.62. The molecule has 1 aromatic carbocycles. The smallest absolute Gasteiger partial charge is 0.322 e. The zero-order valence-electron chi connectivity index (χ0n) is 16.2. The Hall–Kier alpha value is -2.74. The third-order valence-corrected chi connectivity index (χ3v) is 5.59. The van der Waals surface area contributed by atoms with Crippen molar-refractivity contribution >= 4 is 23.6 Å². The molecule has 8 heteroatoms. The number of carbonyl (C=O) groups is 4. The maximum Gasteiger partial charge on any atom is 0.344 e. The van der Waals surface area contributed by atoms with Gasteiger partial charge in [0.1, 0.15) is 5.54 Å². The number of benzene rings is 1. The molecule has 8 nitrogen and oxygen atoms in total. The number of urea groups is 1. The second-order valence-electron chi connectivity index (χ2n) is 7.57. The highest BCUT2D eigenvalue weighted by Gasteiger charge is 2.47. The highest BCUT2D eigenvalue weighted by Crippen LogP contribution is 2.22. The molecule has 2 saturated heterocycles. The molecule has 0 spiro atoms. The number of hydrazine groups is 1. The van der Waals surface area contributed by atoms with Crippen molar-refractivity contribution in [3.05, 3.63) is 35.9 Å². The third-order valence-electron chi connectivity index (χ3n) is 5.59. The zero-order chi connectivity index (χ0) is 20.3. The summed E-state index contributed by atoms with van der Waals surface area (Å²) in [5.41, 5.74) is 2.13. The highest BCUT2D eigenvalue weighted by atomic mass is 16.2. The molecule has 2 fully saturated rings. The van der Waals surface area contributed by atoms with E-state index in [1.807, 2.05) is 35.2 Å². The van der Waals surface area contributed by atoms with Crippen molar-refractivity contribution < 1.29 is 19.2 Å². The summed E-state index contributed by atoms with van der Waals surface area (Å²) < 4.78 is 0. The Kier molecular flexibility index (Phi) is 5.79. The number of nitrogens with one attached hydrogen (secondary N) is 2. The van der Waals surface area contributed by atoms with Gasteiger partial charge in [0.05, 0.1) is 6.54 Å². The average Bonchev–Trinajstić information content (AvgIpc) is 2.92. The van der Waals surface area contributed by atoms with Crippen molar-refractivity contribution in [1.29, 1.82) is 0 Å². The Morgan fingerprint density at radius 1 is 1.18 bits per heavy atom. The third kappa shape index (κ3) is 4.06. The fourth-order valence-corrected chi connectivity index (χ4v) is 3.58. The van der Waals surface area contributed by atoms with Gasteiger partial charge in [-0.05, 0) is 39.3 Å². The molecule has 0 saturated carbocycles. The van der Waals surface area contributed by atoms with Gasteiger partial charge in [0.15, 0.2) is 5.78 Å². The lowest BCUT2D eigenvalue weighted by atomic mass is 9.89. The van der Waals surface area contributed by atoms with Crippen LogP contribution in [0.1, 0.15) is 43.5 Å². The predicted octanol–water partition coefficient (Wildman–Crippen LogP) is 1.33. The molecule has 1 atom stereocenters. The van der Waals surface area contributed by atoms with Gasteiger partial charge in [-0.15, -0.1) is 0 Å². The van der Waals surface area contributed by atoms with Gasteiger partial charge in [-0.3, -0.25) is 24.7 Å². The predicted molar refractivity (Wildman–Crippen MR) is 102 cm³/mol. The number of Topliss-reactive ketones (excluding diaryl/α,β-unsaturated/α-hetero) is 1. The van der Waals surface area contributed by atoms with Crippen molar-refractivity contribution in [3.8, 4) is 0 Å². The SMILES string of the molecule is CCC1(C)NC(=O)N(NC(=O)CN2CCC(C(=O)c3ccccc3)CC2)C1=O. The topological polar surface area (TPSA) is 98.8 Å². The number of hydrogen-bond acceptors (Lipinski definition) is 5. The van der Waals surface area contributed by atoms with Gasteiger partial charge in [0.25, 0.3) is 11.8 Å².